The summed E-state index contributed by atoms with van der Waals surface area (Å²) in [7, 11) is 0. The van der Waals surface area contributed by atoms with Gasteiger partial charge in [0.05, 0.1) is 0 Å². The molecule has 0 aromatic rings. The van der Waals surface area contributed by atoms with Crippen molar-refractivity contribution in [1.29, 1.82) is 0 Å². The molecule has 0 spiro atoms. The minimum atomic E-state index is 0.362. The molecule has 0 bridgehead atoms. The van der Waals surface area contributed by atoms with E-state index in [2.05, 4.69) is 0 Å². The zero-order chi connectivity index (χ0) is 7.40. The highest BCUT2D eigenvalue weighted by Crippen LogP contribution is 2.21. The van der Waals surface area contributed by atoms with E-state index in [-0.39, 0.29) is 0 Å². The van der Waals surface area contributed by atoms with Crippen LogP contribution in [0.2, 0.25) is 0 Å². The number of Topliss-reactive ketones (excluding diaryl/α,β-unsaturated/α-hetero) is 1. The second-order valence-corrected chi connectivity index (χ2v) is 3.22. The van der Waals surface area contributed by atoms with Crippen LogP contribution in [0.4, 0.5) is 0 Å². The Hall–Kier alpha value is -0.240. The van der Waals surface area contributed by atoms with Crippen LogP contribution < -0.4 is 0 Å². The molecule has 1 saturated carbocycles. The maximum Gasteiger partial charge on any atom is 0.159 e. The average molecular weight is 156 g/mol. The fourth-order valence-corrected chi connectivity index (χ4v) is 1.70. The normalized spacial score (nSPS) is 23.7. The molecule has 0 saturated heterocycles. The summed E-state index contributed by atoms with van der Waals surface area (Å²) in [5.74, 6) is 0.362. The first kappa shape index (κ1) is 7.86. The van der Waals surface area contributed by atoms with Gasteiger partial charge in [0.15, 0.2) is 5.78 Å². The zero-order valence-corrected chi connectivity index (χ0v) is 7.04. The van der Waals surface area contributed by atoms with Crippen LogP contribution in [-0.2, 0) is 4.79 Å². The van der Waals surface area contributed by atoms with E-state index in [0.29, 0.717) is 5.78 Å². The van der Waals surface area contributed by atoms with Gasteiger partial charge in [-0.15, -0.1) is 11.8 Å². The first-order valence-electron chi connectivity index (χ1n) is 3.59. The molecule has 10 heavy (non-hydrogen) atoms. The van der Waals surface area contributed by atoms with Crippen molar-refractivity contribution < 1.29 is 4.79 Å². The molecule has 0 amide bonds. The Kier molecular flexibility index (Phi) is 3.00. The van der Waals surface area contributed by atoms with Gasteiger partial charge in [-0.3, -0.25) is 4.79 Å². The monoisotopic (exact) mass is 156 g/mol. The van der Waals surface area contributed by atoms with Crippen LogP contribution in [-0.4, -0.2) is 12.0 Å². The van der Waals surface area contributed by atoms with Gasteiger partial charge in [0.1, 0.15) is 0 Å². The standard InChI is InChI=1S/C8H12OS/c1-10-6-7-4-2-3-5-8(7)9/h6H,2-5H2,1H3/b7-6+. The van der Waals surface area contributed by atoms with Crippen LogP contribution in [0.1, 0.15) is 25.7 Å². The number of ketones is 1. The third-order valence-electron chi connectivity index (χ3n) is 1.72. The van der Waals surface area contributed by atoms with Crippen LogP contribution in [0.15, 0.2) is 11.0 Å². The first-order valence-corrected chi connectivity index (χ1v) is 4.88. The Bertz CT molecular complexity index is 161. The van der Waals surface area contributed by atoms with Crippen molar-refractivity contribution >= 4 is 17.5 Å². The minimum Gasteiger partial charge on any atom is -0.295 e. The first-order chi connectivity index (χ1) is 4.84. The van der Waals surface area contributed by atoms with Gasteiger partial charge >= 0.3 is 0 Å². The molecule has 0 N–H and O–H groups in total. The van der Waals surface area contributed by atoms with E-state index in [1.165, 1.54) is 6.42 Å². The van der Waals surface area contributed by atoms with Crippen LogP contribution in [0.5, 0.6) is 0 Å². The lowest BCUT2D eigenvalue weighted by Crippen LogP contribution is -2.07. The molecule has 0 aliphatic heterocycles. The molecule has 0 atom stereocenters. The Morgan fingerprint density at radius 2 is 2.10 bits per heavy atom. The number of hydrogen-bond acceptors (Lipinski definition) is 2. The Morgan fingerprint density at radius 1 is 1.40 bits per heavy atom. The maximum atomic E-state index is 11.1. The van der Waals surface area contributed by atoms with Crippen LogP contribution in [0.25, 0.3) is 0 Å². The summed E-state index contributed by atoms with van der Waals surface area (Å²) >= 11 is 1.63. The van der Waals surface area contributed by atoms with Gasteiger partial charge in [-0.05, 0) is 30.9 Å². The van der Waals surface area contributed by atoms with E-state index < -0.39 is 0 Å². The van der Waals surface area contributed by atoms with Gasteiger partial charge in [-0.2, -0.15) is 0 Å². The molecule has 1 aliphatic rings. The number of carbonyl (C=O) groups excluding carboxylic acids is 1. The van der Waals surface area contributed by atoms with E-state index >= 15 is 0 Å². The van der Waals surface area contributed by atoms with E-state index in [1.54, 1.807) is 11.8 Å². The largest absolute Gasteiger partial charge is 0.295 e. The van der Waals surface area contributed by atoms with Crippen LogP contribution in [0.3, 0.4) is 0 Å². The average Bonchev–Trinajstić information content (AvgIpc) is 1.94. The highest BCUT2D eigenvalue weighted by molar-refractivity contribution is 8.01. The smallest absolute Gasteiger partial charge is 0.159 e. The molecular weight excluding hydrogens is 144 g/mol. The van der Waals surface area contributed by atoms with Gasteiger partial charge in [0, 0.05) is 12.0 Å². The molecule has 1 fully saturated rings. The Balaban J connectivity index is 2.56. The van der Waals surface area contributed by atoms with Crippen molar-refractivity contribution in [3.63, 3.8) is 0 Å². The van der Waals surface area contributed by atoms with Gasteiger partial charge < -0.3 is 0 Å². The summed E-state index contributed by atoms with van der Waals surface area (Å²) < 4.78 is 0. The third-order valence-corrected chi connectivity index (χ3v) is 2.24. The van der Waals surface area contributed by atoms with Crippen molar-refractivity contribution in [3.05, 3.63) is 11.0 Å². The lowest BCUT2D eigenvalue weighted by Gasteiger charge is -2.11. The van der Waals surface area contributed by atoms with E-state index in [9.17, 15) is 4.79 Å². The molecular formula is C8H12OS. The molecule has 0 heterocycles. The van der Waals surface area contributed by atoms with Gasteiger partial charge in [0.25, 0.3) is 0 Å². The summed E-state index contributed by atoms with van der Waals surface area (Å²) in [6.45, 7) is 0. The number of carbonyl (C=O) groups is 1. The predicted molar refractivity (Wildman–Crippen MR) is 45.1 cm³/mol. The molecule has 1 nitrogen and oxygen atoms in total. The zero-order valence-electron chi connectivity index (χ0n) is 6.22. The minimum absolute atomic E-state index is 0.362. The number of hydrogen-bond donors (Lipinski definition) is 0. The summed E-state index contributed by atoms with van der Waals surface area (Å²) in [4.78, 5) is 11.1. The van der Waals surface area contributed by atoms with Gasteiger partial charge in [-0.1, -0.05) is 0 Å². The molecule has 2 heteroatoms. The summed E-state index contributed by atoms with van der Waals surface area (Å²) in [5.41, 5.74) is 1.04. The lowest BCUT2D eigenvalue weighted by atomic mass is 9.95. The van der Waals surface area contributed by atoms with E-state index in [4.69, 9.17) is 0 Å². The van der Waals surface area contributed by atoms with E-state index in [1.807, 2.05) is 11.7 Å². The van der Waals surface area contributed by atoms with Crippen molar-refractivity contribution in [3.8, 4) is 0 Å². The van der Waals surface area contributed by atoms with Crippen molar-refractivity contribution in [2.75, 3.05) is 6.26 Å². The molecule has 0 unspecified atom stereocenters. The SMILES string of the molecule is CS/C=C1\CCCCC1=O. The number of allylic oxidation sites excluding steroid dienone is 1. The maximum absolute atomic E-state index is 11.1. The van der Waals surface area contributed by atoms with Gasteiger partial charge in [0.2, 0.25) is 0 Å². The number of thioether (sulfide) groups is 1. The van der Waals surface area contributed by atoms with E-state index in [0.717, 1.165) is 24.8 Å². The fourth-order valence-electron chi connectivity index (χ4n) is 1.17. The second-order valence-electron chi connectivity index (χ2n) is 2.51. The molecule has 0 aromatic heterocycles. The molecule has 56 valence electrons. The Morgan fingerprint density at radius 3 is 2.70 bits per heavy atom. The number of rotatable bonds is 1. The lowest BCUT2D eigenvalue weighted by molar-refractivity contribution is -0.116. The second kappa shape index (κ2) is 3.81. The third kappa shape index (κ3) is 1.87. The summed E-state index contributed by atoms with van der Waals surface area (Å²) in [6.07, 6.45) is 6.05. The summed E-state index contributed by atoms with van der Waals surface area (Å²) in [6, 6.07) is 0. The summed E-state index contributed by atoms with van der Waals surface area (Å²) in [5, 5.41) is 1.99. The Labute approximate surface area is 65.9 Å². The molecule has 1 rings (SSSR count). The van der Waals surface area contributed by atoms with Crippen LogP contribution >= 0.6 is 11.8 Å². The quantitative estimate of drug-likeness (QED) is 0.542. The molecule has 1 aliphatic carbocycles. The van der Waals surface area contributed by atoms with Gasteiger partial charge in [-0.25, -0.2) is 0 Å². The topological polar surface area (TPSA) is 17.1 Å². The van der Waals surface area contributed by atoms with Crippen LogP contribution in [0, 0.1) is 0 Å². The molecule has 0 aromatic carbocycles. The highest BCUT2D eigenvalue weighted by atomic mass is 32.2. The van der Waals surface area contributed by atoms with Crippen molar-refractivity contribution in [2.45, 2.75) is 25.7 Å². The predicted octanol–water partition coefficient (Wildman–Crippen LogP) is 2.38. The highest BCUT2D eigenvalue weighted by Gasteiger charge is 2.13. The fraction of sp³-hybridized carbons (Fsp3) is 0.625. The van der Waals surface area contributed by atoms with Crippen molar-refractivity contribution in [1.82, 2.24) is 0 Å². The van der Waals surface area contributed by atoms with Crippen molar-refractivity contribution in [2.24, 2.45) is 0 Å². The molecule has 0 radical (unpaired) electrons.